The summed E-state index contributed by atoms with van der Waals surface area (Å²) in [5.41, 5.74) is 0.318. The van der Waals surface area contributed by atoms with Gasteiger partial charge in [0.05, 0.1) is 30.6 Å². The maximum absolute atomic E-state index is 12.0. The Kier molecular flexibility index (Phi) is 6.87. The molecule has 10 heteroatoms. The zero-order valence-corrected chi connectivity index (χ0v) is 14.4. The number of carbonyl (C=O) groups is 2. The Labute approximate surface area is 149 Å². The number of rotatable bonds is 4. The van der Waals surface area contributed by atoms with Crippen molar-refractivity contribution in [2.75, 3.05) is 17.7 Å². The van der Waals surface area contributed by atoms with Crippen LogP contribution in [0, 0.1) is 0 Å². The van der Waals surface area contributed by atoms with E-state index in [0.717, 1.165) is 0 Å². The number of phenolic OH excluding ortho intramolecular Hbond substituents is 1. The highest BCUT2D eigenvalue weighted by Crippen LogP contribution is 2.33. The van der Waals surface area contributed by atoms with E-state index in [1.807, 2.05) is 7.05 Å². The molecule has 2 amide bonds. The molecular formula is C14H16Cl2N4O4. The number of carbonyl (C=O) groups excluding carboxylic acids is 2. The molecule has 0 bridgehead atoms. The van der Waals surface area contributed by atoms with Crippen LogP contribution in [0.15, 0.2) is 30.9 Å². The van der Waals surface area contributed by atoms with Crippen molar-refractivity contribution in [3.63, 3.8) is 0 Å². The first-order valence-electron chi connectivity index (χ1n) is 6.57. The molecule has 1 heterocycles. The lowest BCUT2D eigenvalue weighted by Gasteiger charge is -2.11. The van der Waals surface area contributed by atoms with E-state index in [-0.39, 0.29) is 47.0 Å². The van der Waals surface area contributed by atoms with Crippen molar-refractivity contribution in [3.05, 3.63) is 35.9 Å². The quantitative estimate of drug-likeness (QED) is 0.447. The third kappa shape index (κ3) is 5.04. The molecule has 130 valence electrons. The zero-order valence-electron chi connectivity index (χ0n) is 12.9. The molecule has 0 unspecified atom stereocenters. The number of hydrogen-bond donors (Lipinski definition) is 3. The number of methoxy groups -OCH3 is 1. The van der Waals surface area contributed by atoms with Gasteiger partial charge in [-0.25, -0.2) is 13.9 Å². The Bertz CT molecular complexity index is 748. The van der Waals surface area contributed by atoms with Crippen LogP contribution in [0.1, 0.15) is 0 Å². The molecule has 24 heavy (non-hydrogen) atoms. The van der Waals surface area contributed by atoms with Gasteiger partial charge in [-0.05, 0) is 6.07 Å². The number of nitrogens with one attached hydrogen (secondary N) is 2. The molecule has 0 aliphatic rings. The Balaban J connectivity index is 0.00000288. The Morgan fingerprint density at radius 2 is 2.04 bits per heavy atom. The lowest BCUT2D eigenvalue weighted by atomic mass is 10.2. The number of halogens is 2. The number of anilines is 2. The summed E-state index contributed by atoms with van der Waals surface area (Å²) in [7, 11) is 3.04. The summed E-state index contributed by atoms with van der Waals surface area (Å²) in [6, 6.07) is 2.57. The molecule has 0 atom stereocenters. The number of amides is 2. The van der Waals surface area contributed by atoms with Crippen LogP contribution in [0.25, 0.3) is 0 Å². The van der Waals surface area contributed by atoms with Crippen molar-refractivity contribution in [1.82, 2.24) is 4.57 Å². The van der Waals surface area contributed by atoms with Crippen LogP contribution in [0.3, 0.4) is 0 Å². The van der Waals surface area contributed by atoms with Crippen LogP contribution in [-0.4, -0.2) is 28.8 Å². The topological polar surface area (TPSA) is 96.5 Å². The average molecular weight is 375 g/mol. The Hall–Kier alpha value is -2.45. The van der Waals surface area contributed by atoms with E-state index in [1.54, 1.807) is 27.9 Å². The van der Waals surface area contributed by atoms with Gasteiger partial charge in [0.1, 0.15) is 18.1 Å². The number of aromatic hydroxyl groups is 1. The second kappa shape index (κ2) is 8.42. The Morgan fingerprint density at radius 1 is 1.33 bits per heavy atom. The van der Waals surface area contributed by atoms with Gasteiger partial charge >= 0.3 is 6.09 Å². The number of imidazole rings is 1. The van der Waals surface area contributed by atoms with Gasteiger partial charge in [-0.3, -0.25) is 10.1 Å². The summed E-state index contributed by atoms with van der Waals surface area (Å²) in [4.78, 5) is 23.1. The molecule has 3 N–H and O–H groups in total. The summed E-state index contributed by atoms with van der Waals surface area (Å²) in [5, 5.41) is 15.0. The molecule has 0 saturated carbocycles. The predicted octanol–water partition coefficient (Wildman–Crippen LogP) is -1.51. The van der Waals surface area contributed by atoms with Crippen molar-refractivity contribution in [3.8, 4) is 5.75 Å². The van der Waals surface area contributed by atoms with Crippen LogP contribution in [0.4, 0.5) is 16.2 Å². The third-order valence-electron chi connectivity index (χ3n) is 2.93. The second-order valence-corrected chi connectivity index (χ2v) is 5.17. The molecule has 2 rings (SSSR count). The van der Waals surface area contributed by atoms with E-state index in [9.17, 15) is 14.7 Å². The number of hydrogen-bond acceptors (Lipinski definition) is 4. The maximum atomic E-state index is 12.0. The van der Waals surface area contributed by atoms with E-state index in [4.69, 9.17) is 11.6 Å². The number of ether oxygens (including phenoxy) is 1. The molecule has 2 aromatic rings. The third-order valence-corrected chi connectivity index (χ3v) is 3.24. The van der Waals surface area contributed by atoms with Gasteiger partial charge in [0.2, 0.25) is 6.33 Å². The summed E-state index contributed by atoms with van der Waals surface area (Å²) in [6.45, 7) is 0.0973. The van der Waals surface area contributed by atoms with Gasteiger partial charge in [-0.1, -0.05) is 11.6 Å². The van der Waals surface area contributed by atoms with E-state index >= 15 is 0 Å². The first kappa shape index (κ1) is 19.6. The monoisotopic (exact) mass is 374 g/mol. The summed E-state index contributed by atoms with van der Waals surface area (Å²) < 4.78 is 7.93. The first-order valence-corrected chi connectivity index (χ1v) is 6.95. The standard InChI is InChI=1S/C14H15ClN4O4.ClH/c1-18-3-4-19(8-18)7-13(21)16-10-6-12(20)11(5-9(10)15)17-14(22)23-2;/h3-6,8H,7H2,1-2H3,(H2-,16,17,20,21,22);1H. The molecule has 1 aromatic heterocycles. The SMILES string of the molecule is COC(=O)Nc1cc(Cl)c(NC(=O)Cn2cc[n+](C)c2)cc1O.[Cl-]. The van der Waals surface area contributed by atoms with E-state index < -0.39 is 6.09 Å². The normalized spacial score (nSPS) is 9.79. The fourth-order valence-corrected chi connectivity index (χ4v) is 2.08. The van der Waals surface area contributed by atoms with Crippen molar-refractivity contribution in [2.24, 2.45) is 7.05 Å². The van der Waals surface area contributed by atoms with Crippen molar-refractivity contribution in [2.45, 2.75) is 6.54 Å². The lowest BCUT2D eigenvalue weighted by molar-refractivity contribution is -0.671. The molecule has 0 aliphatic carbocycles. The minimum atomic E-state index is -0.742. The van der Waals surface area contributed by atoms with Crippen molar-refractivity contribution in [1.29, 1.82) is 0 Å². The van der Waals surface area contributed by atoms with Crippen LogP contribution in [0.5, 0.6) is 5.75 Å². The minimum absolute atomic E-state index is 0. The van der Waals surface area contributed by atoms with E-state index in [0.29, 0.717) is 0 Å². The lowest BCUT2D eigenvalue weighted by Crippen LogP contribution is -3.00. The van der Waals surface area contributed by atoms with Gasteiger partial charge in [0.25, 0.3) is 5.91 Å². The van der Waals surface area contributed by atoms with Crippen LogP contribution >= 0.6 is 11.6 Å². The summed E-state index contributed by atoms with van der Waals surface area (Å²) in [6.07, 6.45) is 4.57. The van der Waals surface area contributed by atoms with Crippen molar-refractivity contribution >= 4 is 35.0 Å². The molecule has 0 fully saturated rings. The average Bonchev–Trinajstić information content (AvgIpc) is 2.89. The minimum Gasteiger partial charge on any atom is -1.00 e. The molecule has 1 aromatic carbocycles. The fourth-order valence-electron chi connectivity index (χ4n) is 1.87. The molecule has 8 nitrogen and oxygen atoms in total. The molecule has 0 spiro atoms. The fraction of sp³-hybridized carbons (Fsp3) is 0.214. The highest BCUT2D eigenvalue weighted by molar-refractivity contribution is 6.34. The maximum Gasteiger partial charge on any atom is 0.411 e. The van der Waals surface area contributed by atoms with Crippen LogP contribution < -0.4 is 27.6 Å². The number of phenols is 1. The summed E-state index contributed by atoms with van der Waals surface area (Å²) in [5.74, 6) is -0.557. The summed E-state index contributed by atoms with van der Waals surface area (Å²) >= 11 is 6.05. The molecule has 0 saturated heterocycles. The largest absolute Gasteiger partial charge is 1.00 e. The van der Waals surface area contributed by atoms with Crippen LogP contribution in [0.2, 0.25) is 5.02 Å². The van der Waals surface area contributed by atoms with E-state index in [1.165, 1.54) is 19.2 Å². The molecule has 0 radical (unpaired) electrons. The second-order valence-electron chi connectivity index (χ2n) is 4.77. The Morgan fingerprint density at radius 3 is 2.62 bits per heavy atom. The van der Waals surface area contributed by atoms with Gasteiger partial charge in [0.15, 0.2) is 6.54 Å². The van der Waals surface area contributed by atoms with Gasteiger partial charge in [-0.15, -0.1) is 0 Å². The first-order chi connectivity index (χ1) is 10.9. The van der Waals surface area contributed by atoms with Crippen molar-refractivity contribution < 1.29 is 36.4 Å². The number of nitrogens with zero attached hydrogens (tertiary/aromatic N) is 2. The smallest absolute Gasteiger partial charge is 0.411 e. The van der Waals surface area contributed by atoms with Gasteiger partial charge in [-0.2, -0.15) is 0 Å². The predicted molar refractivity (Wildman–Crippen MR) is 83.4 cm³/mol. The number of aromatic nitrogens is 2. The zero-order chi connectivity index (χ0) is 17.0. The van der Waals surface area contributed by atoms with Crippen LogP contribution in [-0.2, 0) is 23.1 Å². The number of benzene rings is 1. The highest BCUT2D eigenvalue weighted by atomic mass is 35.5. The molecule has 0 aliphatic heterocycles. The van der Waals surface area contributed by atoms with Gasteiger partial charge in [0, 0.05) is 6.07 Å². The molecular weight excluding hydrogens is 359 g/mol. The van der Waals surface area contributed by atoms with E-state index in [2.05, 4.69) is 15.4 Å². The number of aryl methyl sites for hydroxylation is 1. The van der Waals surface area contributed by atoms with Gasteiger partial charge < -0.3 is 27.6 Å². The highest BCUT2D eigenvalue weighted by Gasteiger charge is 2.14.